The van der Waals surface area contributed by atoms with Crippen LogP contribution in [0, 0.1) is 12.8 Å². The molecule has 2 fully saturated rings. The number of nitrogens with zero attached hydrogens (tertiary/aromatic N) is 3. The lowest BCUT2D eigenvalue weighted by molar-refractivity contribution is 0.0930. The number of aryl methyl sites for hydroxylation is 2. The number of hydrogen-bond donors (Lipinski definition) is 2. The third kappa shape index (κ3) is 3.37. The van der Waals surface area contributed by atoms with Gasteiger partial charge in [0, 0.05) is 62.2 Å². The number of imidazole rings is 1. The van der Waals surface area contributed by atoms with Crippen LogP contribution in [0.1, 0.15) is 21.7 Å². The number of carbonyl (C=O) groups is 1. The third-order valence-corrected chi connectivity index (χ3v) is 8.01. The lowest BCUT2D eigenvalue weighted by Crippen LogP contribution is -2.42. The Morgan fingerprint density at radius 2 is 2.18 bits per heavy atom. The Morgan fingerprint density at radius 1 is 1.39 bits per heavy atom. The van der Waals surface area contributed by atoms with Gasteiger partial charge in [-0.25, -0.2) is 13.4 Å². The number of fused-ring (bicyclic) bond motifs is 1. The number of likely N-dealkylation sites (tertiary alicyclic amines) is 1. The predicted octanol–water partition coefficient (Wildman–Crippen LogP) is -0.556. The fraction of sp³-hybridized carbons (Fsp3) is 0.500. The Balaban J connectivity index is 1.49. The fourth-order valence-electron chi connectivity index (χ4n) is 4.12. The van der Waals surface area contributed by atoms with Crippen molar-refractivity contribution in [3.63, 3.8) is 0 Å². The Labute approximate surface area is 162 Å². The van der Waals surface area contributed by atoms with Crippen molar-refractivity contribution in [1.82, 2.24) is 24.8 Å². The molecule has 0 unspecified atom stereocenters. The van der Waals surface area contributed by atoms with Crippen molar-refractivity contribution in [3.8, 4) is 0 Å². The Bertz CT molecular complexity index is 1070. The van der Waals surface area contributed by atoms with Gasteiger partial charge in [0.1, 0.15) is 0 Å². The molecule has 2 N–H and O–H groups in total. The van der Waals surface area contributed by atoms with E-state index in [1.165, 1.54) is 16.8 Å². The van der Waals surface area contributed by atoms with E-state index in [0.29, 0.717) is 19.6 Å². The molecule has 0 saturated carbocycles. The van der Waals surface area contributed by atoms with Crippen LogP contribution >= 0.6 is 0 Å². The molecule has 0 bridgehead atoms. The number of sulfone groups is 1. The highest BCUT2D eigenvalue weighted by Gasteiger charge is 2.52. The third-order valence-electron chi connectivity index (χ3n) is 5.77. The molecule has 150 valence electrons. The lowest BCUT2D eigenvalue weighted by Gasteiger charge is -2.20. The summed E-state index contributed by atoms with van der Waals surface area (Å²) in [5, 5.41) is 2.36. The van der Waals surface area contributed by atoms with Crippen LogP contribution in [-0.2, 0) is 23.4 Å². The number of aromatic nitrogens is 3. The van der Waals surface area contributed by atoms with Gasteiger partial charge in [0.15, 0.2) is 9.84 Å². The van der Waals surface area contributed by atoms with Crippen molar-refractivity contribution < 1.29 is 13.2 Å². The average molecular weight is 405 g/mol. The number of rotatable bonds is 4. The first-order valence-electron chi connectivity index (χ1n) is 9.15. The van der Waals surface area contributed by atoms with Crippen molar-refractivity contribution >= 4 is 15.7 Å². The van der Waals surface area contributed by atoms with Crippen LogP contribution < -0.4 is 10.9 Å². The second-order valence-electron chi connectivity index (χ2n) is 7.64. The van der Waals surface area contributed by atoms with Gasteiger partial charge in [-0.15, -0.1) is 0 Å². The molecule has 4 rings (SSSR count). The molecule has 0 radical (unpaired) electrons. The summed E-state index contributed by atoms with van der Waals surface area (Å²) in [6.45, 7) is 3.53. The van der Waals surface area contributed by atoms with E-state index in [-0.39, 0.29) is 22.8 Å². The van der Waals surface area contributed by atoms with E-state index < -0.39 is 27.0 Å². The van der Waals surface area contributed by atoms with Crippen molar-refractivity contribution in [2.45, 2.75) is 24.8 Å². The molecule has 10 heteroatoms. The molecule has 28 heavy (non-hydrogen) atoms. The Kier molecular flexibility index (Phi) is 4.62. The summed E-state index contributed by atoms with van der Waals surface area (Å²) in [6, 6.07) is 2.35. The van der Waals surface area contributed by atoms with E-state index >= 15 is 0 Å². The van der Waals surface area contributed by atoms with Gasteiger partial charge in [-0.2, -0.15) is 0 Å². The average Bonchev–Trinajstić information content (AvgIpc) is 3.29. The quantitative estimate of drug-likeness (QED) is 0.705. The number of hydrogen-bond acceptors (Lipinski definition) is 6. The van der Waals surface area contributed by atoms with Crippen LogP contribution in [0.2, 0.25) is 0 Å². The molecule has 4 heterocycles. The maximum absolute atomic E-state index is 12.6. The Hall–Kier alpha value is -2.46. The van der Waals surface area contributed by atoms with Gasteiger partial charge < -0.3 is 14.9 Å². The minimum absolute atomic E-state index is 0.0613. The first kappa shape index (κ1) is 18.9. The number of carbonyl (C=O) groups excluding carboxylic acids is 1. The summed E-state index contributed by atoms with van der Waals surface area (Å²) in [7, 11) is -1.68. The number of aromatic amines is 1. The molecule has 2 saturated heterocycles. The number of pyridine rings is 1. The van der Waals surface area contributed by atoms with Crippen molar-refractivity contribution in [2.24, 2.45) is 13.0 Å². The van der Waals surface area contributed by atoms with Crippen LogP contribution in [0.3, 0.4) is 0 Å². The second kappa shape index (κ2) is 6.85. The molecule has 3 atom stereocenters. The molecule has 0 spiro atoms. The van der Waals surface area contributed by atoms with Crippen LogP contribution in [0.4, 0.5) is 0 Å². The molecular weight excluding hydrogens is 382 g/mol. The zero-order chi connectivity index (χ0) is 20.1. The van der Waals surface area contributed by atoms with Gasteiger partial charge in [-0.05, 0) is 13.0 Å². The van der Waals surface area contributed by atoms with Gasteiger partial charge in [-0.3, -0.25) is 14.5 Å². The van der Waals surface area contributed by atoms with Crippen LogP contribution in [0.15, 0.2) is 29.5 Å². The molecule has 0 aliphatic carbocycles. The minimum atomic E-state index is -3.29. The summed E-state index contributed by atoms with van der Waals surface area (Å²) in [6.07, 6.45) is 3.15. The van der Waals surface area contributed by atoms with Crippen LogP contribution in [0.25, 0.3) is 0 Å². The summed E-state index contributed by atoms with van der Waals surface area (Å²) < 4.78 is 26.6. The number of amides is 1. The van der Waals surface area contributed by atoms with E-state index in [1.54, 1.807) is 19.4 Å². The van der Waals surface area contributed by atoms with Crippen LogP contribution in [-0.4, -0.2) is 63.9 Å². The smallest absolute Gasteiger partial charge is 0.251 e. The highest BCUT2D eigenvalue weighted by atomic mass is 32.2. The highest BCUT2D eigenvalue weighted by molar-refractivity contribution is 7.92. The van der Waals surface area contributed by atoms with E-state index in [1.807, 2.05) is 6.92 Å². The van der Waals surface area contributed by atoms with Crippen molar-refractivity contribution in [2.75, 3.05) is 18.8 Å². The van der Waals surface area contributed by atoms with Crippen LogP contribution in [0.5, 0.6) is 0 Å². The SMILES string of the molecule is Cc1[nH]cnc1CN1C[C@H]2[C@H](NC(=O)c3ccn(C)c(=O)c3)CS(=O)(=O)[C@H]2C1. The summed E-state index contributed by atoms with van der Waals surface area (Å²) in [5.41, 5.74) is 1.82. The van der Waals surface area contributed by atoms with Crippen molar-refractivity contribution in [3.05, 3.63) is 52.0 Å². The van der Waals surface area contributed by atoms with Gasteiger partial charge in [0.05, 0.1) is 23.0 Å². The van der Waals surface area contributed by atoms with E-state index in [9.17, 15) is 18.0 Å². The van der Waals surface area contributed by atoms with Gasteiger partial charge in [0.2, 0.25) is 0 Å². The van der Waals surface area contributed by atoms with Crippen molar-refractivity contribution in [1.29, 1.82) is 0 Å². The van der Waals surface area contributed by atoms with Gasteiger partial charge in [0.25, 0.3) is 11.5 Å². The molecule has 9 nitrogen and oxygen atoms in total. The normalized spacial score (nSPS) is 26.3. The van der Waals surface area contributed by atoms with E-state index in [2.05, 4.69) is 20.2 Å². The molecule has 2 aromatic rings. The van der Waals surface area contributed by atoms with Gasteiger partial charge >= 0.3 is 0 Å². The molecule has 2 aliphatic heterocycles. The zero-order valence-electron chi connectivity index (χ0n) is 15.8. The molecule has 0 aromatic carbocycles. The zero-order valence-corrected chi connectivity index (χ0v) is 16.6. The standard InChI is InChI=1S/C18H23N5O4S/c1-11-14(20-10-19-11)7-23-6-13-15(9-28(26,27)16(13)8-23)21-18(25)12-3-4-22(2)17(24)5-12/h3-5,10,13,15-16H,6-9H2,1-2H3,(H,19,20)(H,21,25)/t13-,15+,16-/m0/s1. The molecule has 1 amide bonds. The maximum Gasteiger partial charge on any atom is 0.251 e. The summed E-state index contributed by atoms with van der Waals surface area (Å²) >= 11 is 0. The summed E-state index contributed by atoms with van der Waals surface area (Å²) in [4.78, 5) is 33.7. The Morgan fingerprint density at radius 3 is 2.86 bits per heavy atom. The largest absolute Gasteiger partial charge is 0.348 e. The maximum atomic E-state index is 12.6. The number of nitrogens with one attached hydrogen (secondary N) is 2. The first-order valence-corrected chi connectivity index (χ1v) is 10.9. The molecule has 2 aromatic heterocycles. The highest BCUT2D eigenvalue weighted by Crippen LogP contribution is 2.34. The van der Waals surface area contributed by atoms with Gasteiger partial charge in [-0.1, -0.05) is 0 Å². The predicted molar refractivity (Wildman–Crippen MR) is 103 cm³/mol. The first-order chi connectivity index (χ1) is 13.2. The lowest BCUT2D eigenvalue weighted by atomic mass is 10.00. The summed E-state index contributed by atoms with van der Waals surface area (Å²) in [5.74, 6) is -0.645. The molecule has 2 aliphatic rings. The monoisotopic (exact) mass is 405 g/mol. The number of H-pyrrole nitrogens is 1. The van der Waals surface area contributed by atoms with E-state index in [4.69, 9.17) is 0 Å². The topological polar surface area (TPSA) is 117 Å². The van der Waals surface area contributed by atoms with E-state index in [0.717, 1.165) is 11.4 Å². The fourth-order valence-corrected chi connectivity index (χ4v) is 6.45. The molecular formula is C18H23N5O4S. The minimum Gasteiger partial charge on any atom is -0.348 e. The second-order valence-corrected chi connectivity index (χ2v) is 9.91.